The van der Waals surface area contributed by atoms with Crippen molar-refractivity contribution in [1.82, 2.24) is 0 Å². The molecule has 0 aliphatic heterocycles. The van der Waals surface area contributed by atoms with Gasteiger partial charge in [0.25, 0.3) is 0 Å². The Hall–Kier alpha value is -1.18. The Morgan fingerprint density at radius 1 is 1.44 bits per heavy atom. The van der Waals surface area contributed by atoms with Crippen molar-refractivity contribution >= 4 is 17.4 Å². The van der Waals surface area contributed by atoms with Crippen molar-refractivity contribution in [1.29, 1.82) is 5.26 Å². The zero-order valence-corrected chi connectivity index (χ0v) is 11.9. The summed E-state index contributed by atoms with van der Waals surface area (Å²) in [7, 11) is 0. The van der Waals surface area contributed by atoms with Crippen LogP contribution < -0.4 is 5.32 Å². The fourth-order valence-electron chi connectivity index (χ4n) is 1.52. The van der Waals surface area contributed by atoms with Crippen LogP contribution in [0.25, 0.3) is 0 Å². The van der Waals surface area contributed by atoms with Crippen molar-refractivity contribution in [3.8, 4) is 6.07 Å². The molecule has 0 amide bonds. The Morgan fingerprint density at radius 2 is 2.17 bits per heavy atom. The topological polar surface area (TPSA) is 56.0 Å². The van der Waals surface area contributed by atoms with Crippen LogP contribution in [0.1, 0.15) is 26.3 Å². The number of hydrogen-bond acceptors (Lipinski definition) is 4. The SMILES string of the molecule is CCSc1cccc(NCC(O)C(C)C)c1C#N. The highest BCUT2D eigenvalue weighted by atomic mass is 32.2. The predicted molar refractivity (Wildman–Crippen MR) is 76.9 cm³/mol. The average Bonchev–Trinajstić information content (AvgIpc) is 2.36. The third-order valence-corrected chi connectivity index (χ3v) is 3.65. The summed E-state index contributed by atoms with van der Waals surface area (Å²) in [4.78, 5) is 0.990. The summed E-state index contributed by atoms with van der Waals surface area (Å²) in [5, 5.41) is 22.2. The molecule has 0 saturated heterocycles. The van der Waals surface area contributed by atoms with E-state index in [0.29, 0.717) is 12.1 Å². The molecule has 0 aromatic heterocycles. The van der Waals surface area contributed by atoms with Gasteiger partial charge in [-0.2, -0.15) is 5.26 Å². The van der Waals surface area contributed by atoms with Crippen LogP contribution in [0.2, 0.25) is 0 Å². The van der Waals surface area contributed by atoms with E-state index >= 15 is 0 Å². The summed E-state index contributed by atoms with van der Waals surface area (Å²) in [6.45, 7) is 6.48. The highest BCUT2D eigenvalue weighted by Crippen LogP contribution is 2.27. The van der Waals surface area contributed by atoms with Crippen LogP contribution in [0, 0.1) is 17.2 Å². The second-order valence-electron chi connectivity index (χ2n) is 4.42. The Labute approximate surface area is 113 Å². The first-order valence-corrected chi connectivity index (χ1v) is 7.16. The summed E-state index contributed by atoms with van der Waals surface area (Å²) in [6, 6.07) is 8.01. The third kappa shape index (κ3) is 3.94. The second kappa shape index (κ2) is 7.30. The summed E-state index contributed by atoms with van der Waals surface area (Å²) >= 11 is 1.66. The summed E-state index contributed by atoms with van der Waals surface area (Å²) in [5.41, 5.74) is 1.47. The fraction of sp³-hybridized carbons (Fsp3) is 0.500. The summed E-state index contributed by atoms with van der Waals surface area (Å²) in [5.74, 6) is 1.14. The van der Waals surface area contributed by atoms with E-state index in [9.17, 15) is 10.4 Å². The normalized spacial score (nSPS) is 12.2. The van der Waals surface area contributed by atoms with Crippen molar-refractivity contribution in [3.63, 3.8) is 0 Å². The Morgan fingerprint density at radius 3 is 2.72 bits per heavy atom. The molecule has 0 bridgehead atoms. The molecule has 0 radical (unpaired) electrons. The number of nitriles is 1. The van der Waals surface area contributed by atoms with Gasteiger partial charge in [-0.1, -0.05) is 26.8 Å². The minimum atomic E-state index is -0.404. The van der Waals surface area contributed by atoms with Crippen LogP contribution in [0.4, 0.5) is 5.69 Å². The largest absolute Gasteiger partial charge is 0.391 e. The van der Waals surface area contributed by atoms with Crippen molar-refractivity contribution < 1.29 is 5.11 Å². The number of nitrogens with one attached hydrogen (secondary N) is 1. The van der Waals surface area contributed by atoms with Gasteiger partial charge in [0.05, 0.1) is 17.4 Å². The summed E-state index contributed by atoms with van der Waals surface area (Å²) in [6.07, 6.45) is -0.404. The van der Waals surface area contributed by atoms with Crippen LogP contribution in [0.3, 0.4) is 0 Å². The number of aliphatic hydroxyl groups is 1. The highest BCUT2D eigenvalue weighted by molar-refractivity contribution is 7.99. The van der Waals surface area contributed by atoms with Gasteiger partial charge in [-0.3, -0.25) is 0 Å². The van der Waals surface area contributed by atoms with E-state index in [-0.39, 0.29) is 5.92 Å². The van der Waals surface area contributed by atoms with Gasteiger partial charge in [0.15, 0.2) is 0 Å². The molecule has 1 aromatic rings. The molecule has 2 N–H and O–H groups in total. The van der Waals surface area contributed by atoms with Crippen LogP contribution in [-0.4, -0.2) is 23.5 Å². The second-order valence-corrected chi connectivity index (χ2v) is 5.72. The Balaban J connectivity index is 2.83. The molecule has 1 rings (SSSR count). The third-order valence-electron chi connectivity index (χ3n) is 2.71. The lowest BCUT2D eigenvalue weighted by atomic mass is 10.1. The predicted octanol–water partition coefficient (Wildman–Crippen LogP) is 3.10. The maximum absolute atomic E-state index is 9.77. The quantitative estimate of drug-likeness (QED) is 0.775. The van der Waals surface area contributed by atoms with Gasteiger partial charge >= 0.3 is 0 Å². The molecule has 0 heterocycles. The van der Waals surface area contributed by atoms with Crippen LogP contribution in [-0.2, 0) is 0 Å². The molecule has 1 aromatic carbocycles. The van der Waals surface area contributed by atoms with E-state index in [1.165, 1.54) is 0 Å². The zero-order valence-electron chi connectivity index (χ0n) is 11.1. The first kappa shape index (κ1) is 14.9. The van der Waals surface area contributed by atoms with E-state index in [4.69, 9.17) is 0 Å². The monoisotopic (exact) mass is 264 g/mol. The van der Waals surface area contributed by atoms with E-state index in [2.05, 4.69) is 18.3 Å². The van der Waals surface area contributed by atoms with Crippen LogP contribution >= 0.6 is 11.8 Å². The van der Waals surface area contributed by atoms with Crippen molar-refractivity contribution in [2.24, 2.45) is 5.92 Å². The molecule has 18 heavy (non-hydrogen) atoms. The lowest BCUT2D eigenvalue weighted by Crippen LogP contribution is -2.25. The number of benzene rings is 1. The minimum Gasteiger partial charge on any atom is -0.391 e. The van der Waals surface area contributed by atoms with Gasteiger partial charge in [-0.05, 0) is 23.8 Å². The molecule has 1 unspecified atom stereocenters. The maximum Gasteiger partial charge on any atom is 0.102 e. The minimum absolute atomic E-state index is 0.205. The number of hydrogen-bond donors (Lipinski definition) is 2. The van der Waals surface area contributed by atoms with Gasteiger partial charge in [-0.25, -0.2) is 0 Å². The molecule has 3 nitrogen and oxygen atoms in total. The highest BCUT2D eigenvalue weighted by Gasteiger charge is 2.11. The Kier molecular flexibility index (Phi) is 6.03. The van der Waals surface area contributed by atoms with Crippen LogP contribution in [0.5, 0.6) is 0 Å². The molecular formula is C14H20N2OS. The molecule has 0 aliphatic carbocycles. The number of rotatable bonds is 6. The molecule has 98 valence electrons. The van der Waals surface area contributed by atoms with Gasteiger partial charge < -0.3 is 10.4 Å². The van der Waals surface area contributed by atoms with Gasteiger partial charge in [0.2, 0.25) is 0 Å². The zero-order chi connectivity index (χ0) is 13.5. The van der Waals surface area contributed by atoms with Crippen molar-refractivity contribution in [3.05, 3.63) is 23.8 Å². The number of nitrogens with zero attached hydrogens (tertiary/aromatic N) is 1. The fourth-order valence-corrected chi connectivity index (χ4v) is 2.31. The standard InChI is InChI=1S/C14H20N2OS/c1-4-18-14-7-5-6-12(11(14)8-15)16-9-13(17)10(2)3/h5-7,10,13,16-17H,4,9H2,1-3H3. The summed E-state index contributed by atoms with van der Waals surface area (Å²) < 4.78 is 0. The first-order chi connectivity index (χ1) is 8.60. The smallest absolute Gasteiger partial charge is 0.102 e. The van der Waals surface area contributed by atoms with E-state index in [0.717, 1.165) is 16.3 Å². The lowest BCUT2D eigenvalue weighted by molar-refractivity contribution is 0.138. The molecule has 1 atom stereocenters. The number of aliphatic hydroxyl groups excluding tert-OH is 1. The van der Waals surface area contributed by atoms with Crippen molar-refractivity contribution in [2.45, 2.75) is 31.8 Å². The van der Waals surface area contributed by atoms with Crippen LogP contribution in [0.15, 0.2) is 23.1 Å². The molecule has 0 spiro atoms. The molecule has 0 fully saturated rings. The molecule has 0 aliphatic rings. The van der Waals surface area contributed by atoms with Crippen molar-refractivity contribution in [2.75, 3.05) is 17.6 Å². The number of thioether (sulfide) groups is 1. The van der Waals surface area contributed by atoms with Gasteiger partial charge in [0, 0.05) is 11.4 Å². The molecular weight excluding hydrogens is 244 g/mol. The molecule has 0 saturated carbocycles. The Bertz CT molecular complexity index is 426. The lowest BCUT2D eigenvalue weighted by Gasteiger charge is -2.17. The molecule has 4 heteroatoms. The first-order valence-electron chi connectivity index (χ1n) is 6.18. The van der Waals surface area contributed by atoms with E-state index in [1.807, 2.05) is 32.0 Å². The van der Waals surface area contributed by atoms with Gasteiger partial charge in [0.1, 0.15) is 6.07 Å². The van der Waals surface area contributed by atoms with E-state index < -0.39 is 6.10 Å². The maximum atomic E-state index is 9.77. The van der Waals surface area contributed by atoms with Gasteiger partial charge in [-0.15, -0.1) is 11.8 Å². The van der Waals surface area contributed by atoms with E-state index in [1.54, 1.807) is 11.8 Å². The number of anilines is 1. The average molecular weight is 264 g/mol.